The molecule has 0 amide bonds. The average molecular weight is 244 g/mol. The van der Waals surface area contributed by atoms with Gasteiger partial charge in [0.05, 0.1) is 0 Å². The fourth-order valence-electron chi connectivity index (χ4n) is 3.36. The van der Waals surface area contributed by atoms with Crippen LogP contribution >= 0.6 is 0 Å². The minimum atomic E-state index is 0.348. The summed E-state index contributed by atoms with van der Waals surface area (Å²) in [5.41, 5.74) is 7.02. The van der Waals surface area contributed by atoms with Gasteiger partial charge in [-0.2, -0.15) is 0 Å². The van der Waals surface area contributed by atoms with Crippen LogP contribution in [0.4, 0.5) is 0 Å². The third-order valence-corrected chi connectivity index (χ3v) is 4.93. The van der Waals surface area contributed by atoms with Crippen LogP contribution in [0.15, 0.2) is 12.1 Å². The van der Waals surface area contributed by atoms with E-state index in [-0.39, 0.29) is 0 Å². The Balaban J connectivity index is 2.68. The standard InChI is InChI=1S/C18H28/c1-7-13-11-15-16(12-14(13)8-2)18(5,6)10-9-17(15,3)4/h11-12H,7-10H2,1-6H3. The van der Waals surface area contributed by atoms with E-state index in [9.17, 15) is 0 Å². The molecular formula is C18H28. The van der Waals surface area contributed by atoms with E-state index in [1.807, 2.05) is 0 Å². The van der Waals surface area contributed by atoms with E-state index in [1.165, 1.54) is 12.8 Å². The van der Waals surface area contributed by atoms with Gasteiger partial charge in [-0.3, -0.25) is 0 Å². The summed E-state index contributed by atoms with van der Waals surface area (Å²) in [6.45, 7) is 14.2. The number of fused-ring (bicyclic) bond motifs is 1. The normalized spacial score (nSPS) is 20.6. The Hall–Kier alpha value is -0.780. The number of hydrogen-bond donors (Lipinski definition) is 0. The summed E-state index contributed by atoms with van der Waals surface area (Å²) < 4.78 is 0. The maximum atomic E-state index is 2.51. The van der Waals surface area contributed by atoms with Crippen LogP contribution in [0.2, 0.25) is 0 Å². The van der Waals surface area contributed by atoms with Crippen molar-refractivity contribution >= 4 is 0 Å². The van der Waals surface area contributed by atoms with Gasteiger partial charge in [0, 0.05) is 0 Å². The van der Waals surface area contributed by atoms with Gasteiger partial charge in [-0.25, -0.2) is 0 Å². The molecule has 18 heavy (non-hydrogen) atoms. The van der Waals surface area contributed by atoms with Crippen molar-refractivity contribution in [2.24, 2.45) is 0 Å². The predicted molar refractivity (Wildman–Crippen MR) is 80.5 cm³/mol. The van der Waals surface area contributed by atoms with Gasteiger partial charge >= 0.3 is 0 Å². The predicted octanol–water partition coefficient (Wildman–Crippen LogP) is 5.16. The van der Waals surface area contributed by atoms with Gasteiger partial charge in [0.25, 0.3) is 0 Å². The lowest BCUT2D eigenvalue weighted by atomic mass is 9.62. The minimum absolute atomic E-state index is 0.348. The maximum absolute atomic E-state index is 2.51. The number of rotatable bonds is 2. The second kappa shape index (κ2) is 4.40. The van der Waals surface area contributed by atoms with Crippen LogP contribution in [0.3, 0.4) is 0 Å². The molecule has 0 spiro atoms. The first-order chi connectivity index (χ1) is 8.31. The molecule has 0 bridgehead atoms. The molecule has 0 saturated heterocycles. The summed E-state index contributed by atoms with van der Waals surface area (Å²) in [5.74, 6) is 0. The molecule has 0 heteroatoms. The van der Waals surface area contributed by atoms with E-state index in [0.29, 0.717) is 10.8 Å². The highest BCUT2D eigenvalue weighted by Gasteiger charge is 2.37. The highest BCUT2D eigenvalue weighted by Crippen LogP contribution is 2.46. The quantitative estimate of drug-likeness (QED) is 0.674. The smallest absolute Gasteiger partial charge is 0.0100 e. The maximum Gasteiger partial charge on any atom is -0.0100 e. The number of aryl methyl sites for hydroxylation is 2. The van der Waals surface area contributed by atoms with Gasteiger partial charge < -0.3 is 0 Å². The number of hydrogen-bond acceptors (Lipinski definition) is 0. The molecule has 2 rings (SSSR count). The highest BCUT2D eigenvalue weighted by atomic mass is 14.4. The Labute approximate surface area is 113 Å². The van der Waals surface area contributed by atoms with Crippen molar-refractivity contribution < 1.29 is 0 Å². The Morgan fingerprint density at radius 1 is 0.778 bits per heavy atom. The van der Waals surface area contributed by atoms with Crippen LogP contribution in [0.1, 0.15) is 76.6 Å². The van der Waals surface area contributed by atoms with Crippen LogP contribution < -0.4 is 0 Å². The Bertz CT molecular complexity index is 406. The molecule has 0 unspecified atom stereocenters. The molecular weight excluding hydrogens is 216 g/mol. The molecule has 0 fully saturated rings. The lowest BCUT2D eigenvalue weighted by molar-refractivity contribution is 0.331. The highest BCUT2D eigenvalue weighted by molar-refractivity contribution is 5.47. The summed E-state index contributed by atoms with van der Waals surface area (Å²) in [6, 6.07) is 5.02. The SMILES string of the molecule is CCc1cc2c(cc1CC)C(C)(C)CCC2(C)C. The summed E-state index contributed by atoms with van der Waals surface area (Å²) in [7, 11) is 0. The minimum Gasteiger partial charge on any atom is -0.0613 e. The fourth-order valence-corrected chi connectivity index (χ4v) is 3.36. The lowest BCUT2D eigenvalue weighted by Crippen LogP contribution is -2.34. The molecule has 0 aliphatic heterocycles. The van der Waals surface area contributed by atoms with E-state index < -0.39 is 0 Å². The lowest BCUT2D eigenvalue weighted by Gasteiger charge is -2.42. The van der Waals surface area contributed by atoms with Crippen LogP contribution in [0.5, 0.6) is 0 Å². The van der Waals surface area contributed by atoms with Gasteiger partial charge in [0.15, 0.2) is 0 Å². The van der Waals surface area contributed by atoms with E-state index >= 15 is 0 Å². The van der Waals surface area contributed by atoms with Crippen molar-refractivity contribution in [2.45, 2.75) is 78.1 Å². The summed E-state index contributed by atoms with van der Waals surface area (Å²) in [6.07, 6.45) is 4.93. The van der Waals surface area contributed by atoms with Crippen molar-refractivity contribution in [1.82, 2.24) is 0 Å². The number of benzene rings is 1. The molecule has 0 radical (unpaired) electrons. The molecule has 0 heterocycles. The van der Waals surface area contributed by atoms with Crippen molar-refractivity contribution in [3.05, 3.63) is 34.4 Å². The first kappa shape index (κ1) is 13.6. The largest absolute Gasteiger partial charge is 0.0613 e. The summed E-state index contributed by atoms with van der Waals surface area (Å²) in [5, 5.41) is 0. The summed E-state index contributed by atoms with van der Waals surface area (Å²) >= 11 is 0. The second-order valence-electron chi connectivity index (χ2n) is 7.14. The Morgan fingerprint density at radius 2 is 1.11 bits per heavy atom. The van der Waals surface area contributed by atoms with E-state index in [1.54, 1.807) is 22.3 Å². The third kappa shape index (κ3) is 2.11. The molecule has 0 saturated carbocycles. The van der Waals surface area contributed by atoms with Crippen LogP contribution in [-0.2, 0) is 23.7 Å². The van der Waals surface area contributed by atoms with Crippen molar-refractivity contribution in [3.63, 3.8) is 0 Å². The van der Waals surface area contributed by atoms with E-state index in [4.69, 9.17) is 0 Å². The van der Waals surface area contributed by atoms with Crippen LogP contribution in [0, 0.1) is 0 Å². The van der Waals surface area contributed by atoms with Gasteiger partial charge in [0.1, 0.15) is 0 Å². The molecule has 1 aromatic rings. The molecule has 0 aromatic heterocycles. The first-order valence-corrected chi connectivity index (χ1v) is 7.48. The van der Waals surface area contributed by atoms with E-state index in [0.717, 1.165) is 12.8 Å². The molecule has 1 aromatic carbocycles. The zero-order valence-corrected chi connectivity index (χ0v) is 13.0. The van der Waals surface area contributed by atoms with E-state index in [2.05, 4.69) is 53.7 Å². The molecule has 0 nitrogen and oxygen atoms in total. The van der Waals surface area contributed by atoms with Gasteiger partial charge in [-0.1, -0.05) is 53.7 Å². The monoisotopic (exact) mass is 244 g/mol. The molecule has 1 aliphatic rings. The van der Waals surface area contributed by atoms with Crippen molar-refractivity contribution in [3.8, 4) is 0 Å². The van der Waals surface area contributed by atoms with Crippen molar-refractivity contribution in [2.75, 3.05) is 0 Å². The molecule has 100 valence electrons. The summed E-state index contributed by atoms with van der Waals surface area (Å²) in [4.78, 5) is 0. The Kier molecular flexibility index (Phi) is 3.34. The molecule has 0 atom stereocenters. The topological polar surface area (TPSA) is 0 Å². The first-order valence-electron chi connectivity index (χ1n) is 7.48. The van der Waals surface area contributed by atoms with Crippen LogP contribution in [0.25, 0.3) is 0 Å². The molecule has 1 aliphatic carbocycles. The van der Waals surface area contributed by atoms with Crippen molar-refractivity contribution in [1.29, 1.82) is 0 Å². The average Bonchev–Trinajstić information content (AvgIpc) is 2.33. The third-order valence-electron chi connectivity index (χ3n) is 4.93. The van der Waals surface area contributed by atoms with Gasteiger partial charge in [-0.15, -0.1) is 0 Å². The fraction of sp³-hybridized carbons (Fsp3) is 0.667. The second-order valence-corrected chi connectivity index (χ2v) is 7.14. The van der Waals surface area contributed by atoms with Gasteiger partial charge in [-0.05, 0) is 58.8 Å². The van der Waals surface area contributed by atoms with Gasteiger partial charge in [0.2, 0.25) is 0 Å². The molecule has 0 N–H and O–H groups in total. The zero-order chi connectivity index (χ0) is 13.6. The van der Waals surface area contributed by atoms with Crippen LogP contribution in [-0.4, -0.2) is 0 Å². The Morgan fingerprint density at radius 3 is 1.39 bits per heavy atom. The zero-order valence-electron chi connectivity index (χ0n) is 13.0.